The number of carbonyl (C=O) groups is 3. The summed E-state index contributed by atoms with van der Waals surface area (Å²) in [6, 6.07) is 1.89. The van der Waals surface area contributed by atoms with Crippen LogP contribution in [0.4, 0.5) is 0 Å². The van der Waals surface area contributed by atoms with Gasteiger partial charge in [0, 0.05) is 45.1 Å². The first kappa shape index (κ1) is 21.3. The van der Waals surface area contributed by atoms with Gasteiger partial charge in [-0.1, -0.05) is 19.0 Å². The second-order valence-corrected chi connectivity index (χ2v) is 8.51. The highest BCUT2D eigenvalue weighted by Gasteiger charge is 2.30. The summed E-state index contributed by atoms with van der Waals surface area (Å²) in [6.45, 7) is 7.08. The van der Waals surface area contributed by atoms with Crippen molar-refractivity contribution in [2.24, 2.45) is 11.8 Å². The van der Waals surface area contributed by atoms with E-state index in [1.807, 2.05) is 11.0 Å². The SMILES string of the molecule is CC(C)Cc1cc(CNC(=O)[C@H]2CCC(=O)N(CCCN3CCCC3=O)C2)on1. The number of hydrogen-bond acceptors (Lipinski definition) is 5. The molecular weight excluding hydrogens is 372 g/mol. The predicted molar refractivity (Wildman–Crippen MR) is 107 cm³/mol. The Kier molecular flexibility index (Phi) is 7.28. The zero-order valence-electron chi connectivity index (χ0n) is 17.5. The summed E-state index contributed by atoms with van der Waals surface area (Å²) in [4.78, 5) is 40.1. The van der Waals surface area contributed by atoms with Crippen molar-refractivity contribution in [3.05, 3.63) is 17.5 Å². The van der Waals surface area contributed by atoms with Crippen LogP contribution in [-0.2, 0) is 27.3 Å². The molecule has 8 nitrogen and oxygen atoms in total. The van der Waals surface area contributed by atoms with Gasteiger partial charge in [0.2, 0.25) is 17.7 Å². The average molecular weight is 405 g/mol. The average Bonchev–Trinajstić information content (AvgIpc) is 3.29. The number of nitrogens with one attached hydrogen (secondary N) is 1. The zero-order valence-corrected chi connectivity index (χ0v) is 17.5. The number of likely N-dealkylation sites (tertiary alicyclic amines) is 2. The van der Waals surface area contributed by atoms with E-state index in [0.29, 0.717) is 57.1 Å². The number of nitrogens with zero attached hydrogens (tertiary/aromatic N) is 3. The maximum absolute atomic E-state index is 12.6. The molecule has 29 heavy (non-hydrogen) atoms. The summed E-state index contributed by atoms with van der Waals surface area (Å²) in [6.07, 6.45) is 4.12. The molecule has 2 aliphatic rings. The van der Waals surface area contributed by atoms with Gasteiger partial charge in [0.05, 0.1) is 18.2 Å². The highest BCUT2D eigenvalue weighted by molar-refractivity contribution is 5.83. The standard InChI is InChI=1S/C21H32N4O4/c1-15(2)11-17-12-18(29-23-17)13-22-21(28)16-6-7-20(27)25(14-16)10-4-9-24-8-3-5-19(24)26/h12,15-16H,3-11,13-14H2,1-2H3,(H,22,28)/t16-/m0/s1. The van der Waals surface area contributed by atoms with Gasteiger partial charge in [-0.15, -0.1) is 0 Å². The number of aromatic nitrogens is 1. The van der Waals surface area contributed by atoms with Gasteiger partial charge >= 0.3 is 0 Å². The van der Waals surface area contributed by atoms with Crippen LogP contribution in [0.3, 0.4) is 0 Å². The topological polar surface area (TPSA) is 95.8 Å². The predicted octanol–water partition coefficient (Wildman–Crippen LogP) is 1.74. The van der Waals surface area contributed by atoms with Crippen molar-refractivity contribution in [3.63, 3.8) is 0 Å². The minimum Gasteiger partial charge on any atom is -0.359 e. The van der Waals surface area contributed by atoms with Crippen molar-refractivity contribution in [2.45, 2.75) is 58.9 Å². The van der Waals surface area contributed by atoms with E-state index in [-0.39, 0.29) is 23.6 Å². The van der Waals surface area contributed by atoms with Crippen LogP contribution in [-0.4, -0.2) is 58.9 Å². The minimum atomic E-state index is -0.209. The maximum atomic E-state index is 12.6. The smallest absolute Gasteiger partial charge is 0.225 e. The first-order valence-electron chi connectivity index (χ1n) is 10.7. The molecule has 0 unspecified atom stereocenters. The molecule has 0 aliphatic carbocycles. The molecule has 0 saturated carbocycles. The number of rotatable bonds is 9. The fourth-order valence-electron chi connectivity index (χ4n) is 4.01. The van der Waals surface area contributed by atoms with Gasteiger partial charge in [-0.05, 0) is 31.6 Å². The molecule has 8 heteroatoms. The lowest BCUT2D eigenvalue weighted by atomic mass is 9.96. The molecule has 2 aliphatic heterocycles. The Labute approximate surface area is 172 Å². The second kappa shape index (κ2) is 9.89. The Morgan fingerprint density at radius 1 is 1.24 bits per heavy atom. The van der Waals surface area contributed by atoms with Crippen LogP contribution in [0.25, 0.3) is 0 Å². The molecule has 0 aromatic carbocycles. The Bertz CT molecular complexity index is 730. The normalized spacial score (nSPS) is 20.0. The molecule has 1 aromatic heterocycles. The molecule has 160 valence electrons. The summed E-state index contributed by atoms with van der Waals surface area (Å²) in [5.74, 6) is 1.18. The molecule has 0 radical (unpaired) electrons. The third kappa shape index (κ3) is 6.05. The number of hydrogen-bond donors (Lipinski definition) is 1. The van der Waals surface area contributed by atoms with Gasteiger partial charge in [0.25, 0.3) is 0 Å². The van der Waals surface area contributed by atoms with E-state index < -0.39 is 0 Å². The third-order valence-electron chi connectivity index (χ3n) is 5.56. The van der Waals surface area contributed by atoms with E-state index in [1.54, 1.807) is 4.90 Å². The third-order valence-corrected chi connectivity index (χ3v) is 5.56. The van der Waals surface area contributed by atoms with Crippen molar-refractivity contribution in [3.8, 4) is 0 Å². The van der Waals surface area contributed by atoms with Crippen LogP contribution >= 0.6 is 0 Å². The van der Waals surface area contributed by atoms with Crippen molar-refractivity contribution >= 4 is 17.7 Å². The highest BCUT2D eigenvalue weighted by Crippen LogP contribution is 2.19. The lowest BCUT2D eigenvalue weighted by Crippen LogP contribution is -2.46. The van der Waals surface area contributed by atoms with Crippen LogP contribution < -0.4 is 5.32 Å². The van der Waals surface area contributed by atoms with E-state index in [0.717, 1.165) is 31.5 Å². The van der Waals surface area contributed by atoms with E-state index in [1.165, 1.54) is 0 Å². The molecule has 1 aromatic rings. The van der Waals surface area contributed by atoms with E-state index in [2.05, 4.69) is 24.3 Å². The first-order valence-corrected chi connectivity index (χ1v) is 10.7. The van der Waals surface area contributed by atoms with Gasteiger partial charge in [0.15, 0.2) is 5.76 Å². The van der Waals surface area contributed by atoms with Gasteiger partial charge in [-0.2, -0.15) is 0 Å². The quantitative estimate of drug-likeness (QED) is 0.676. The first-order chi connectivity index (χ1) is 13.9. The molecule has 3 rings (SSSR count). The fraction of sp³-hybridized carbons (Fsp3) is 0.714. The van der Waals surface area contributed by atoms with Gasteiger partial charge in [-0.3, -0.25) is 14.4 Å². The molecule has 3 amide bonds. The number of piperidine rings is 1. The highest BCUT2D eigenvalue weighted by atomic mass is 16.5. The molecular formula is C21H32N4O4. The van der Waals surface area contributed by atoms with Crippen molar-refractivity contribution in [2.75, 3.05) is 26.2 Å². The van der Waals surface area contributed by atoms with Gasteiger partial charge in [-0.25, -0.2) is 0 Å². The van der Waals surface area contributed by atoms with Crippen LogP contribution in [0.15, 0.2) is 10.6 Å². The number of amides is 3. The molecule has 1 atom stereocenters. The summed E-state index contributed by atoms with van der Waals surface area (Å²) in [7, 11) is 0. The maximum Gasteiger partial charge on any atom is 0.225 e. The van der Waals surface area contributed by atoms with Crippen LogP contribution in [0.1, 0.15) is 57.4 Å². The van der Waals surface area contributed by atoms with Crippen molar-refractivity contribution in [1.29, 1.82) is 0 Å². The van der Waals surface area contributed by atoms with Gasteiger partial charge in [0.1, 0.15) is 0 Å². The van der Waals surface area contributed by atoms with Gasteiger partial charge < -0.3 is 19.6 Å². The van der Waals surface area contributed by atoms with E-state index >= 15 is 0 Å². The van der Waals surface area contributed by atoms with E-state index in [4.69, 9.17) is 4.52 Å². The largest absolute Gasteiger partial charge is 0.359 e. The summed E-state index contributed by atoms with van der Waals surface area (Å²) in [5.41, 5.74) is 0.898. The van der Waals surface area contributed by atoms with Crippen molar-refractivity contribution < 1.29 is 18.9 Å². The van der Waals surface area contributed by atoms with Crippen LogP contribution in [0, 0.1) is 11.8 Å². The minimum absolute atomic E-state index is 0.0565. The Hall–Kier alpha value is -2.38. The summed E-state index contributed by atoms with van der Waals surface area (Å²) < 4.78 is 5.29. The molecule has 0 bridgehead atoms. The number of carbonyl (C=O) groups excluding carboxylic acids is 3. The monoisotopic (exact) mass is 404 g/mol. The molecule has 1 N–H and O–H groups in total. The molecule has 0 spiro atoms. The Balaban J connectivity index is 1.42. The van der Waals surface area contributed by atoms with Crippen LogP contribution in [0.2, 0.25) is 0 Å². The Morgan fingerprint density at radius 2 is 2.00 bits per heavy atom. The summed E-state index contributed by atoms with van der Waals surface area (Å²) >= 11 is 0. The molecule has 2 fully saturated rings. The Morgan fingerprint density at radius 3 is 2.72 bits per heavy atom. The van der Waals surface area contributed by atoms with E-state index in [9.17, 15) is 14.4 Å². The second-order valence-electron chi connectivity index (χ2n) is 8.51. The lowest BCUT2D eigenvalue weighted by molar-refractivity contribution is -0.138. The fourth-order valence-corrected chi connectivity index (χ4v) is 4.01. The molecule has 3 heterocycles. The zero-order chi connectivity index (χ0) is 20.8. The van der Waals surface area contributed by atoms with Crippen molar-refractivity contribution in [1.82, 2.24) is 20.3 Å². The van der Waals surface area contributed by atoms with Crippen LogP contribution in [0.5, 0.6) is 0 Å². The summed E-state index contributed by atoms with van der Waals surface area (Å²) in [5, 5.41) is 6.95. The molecule has 2 saturated heterocycles. The lowest BCUT2D eigenvalue weighted by Gasteiger charge is -2.32.